The number of hydrogen-bond acceptors (Lipinski definition) is 3. The molecule has 0 saturated heterocycles. The first-order valence-electron chi connectivity index (χ1n) is 7.30. The van der Waals surface area contributed by atoms with E-state index >= 15 is 0 Å². The molecule has 27 heavy (non-hydrogen) atoms. The Morgan fingerprint density at radius 2 is 2.04 bits per heavy atom. The van der Waals surface area contributed by atoms with Gasteiger partial charge in [-0.3, -0.25) is 4.79 Å². The van der Waals surface area contributed by atoms with Gasteiger partial charge in [0.2, 0.25) is 0 Å². The summed E-state index contributed by atoms with van der Waals surface area (Å²) in [7, 11) is 0. The SMILES string of the molecule is C=C(F)/C=C(\C(=C)Cl)C(=O)c1c(N)cc2c(nc(C)n2CC(F)(F)F)c1Br. The number of nitrogen functional groups attached to an aromatic ring is 1. The van der Waals surface area contributed by atoms with Gasteiger partial charge in [0, 0.05) is 16.3 Å². The summed E-state index contributed by atoms with van der Waals surface area (Å²) in [6.45, 7) is 6.57. The lowest BCUT2D eigenvalue weighted by Gasteiger charge is -2.13. The monoisotopic (exact) mass is 465 g/mol. The van der Waals surface area contributed by atoms with E-state index in [0.717, 1.165) is 10.6 Å². The van der Waals surface area contributed by atoms with Crippen LogP contribution in [0.15, 0.2) is 46.2 Å². The van der Waals surface area contributed by atoms with E-state index in [9.17, 15) is 22.4 Å². The first-order chi connectivity index (χ1) is 12.3. The van der Waals surface area contributed by atoms with Crippen molar-refractivity contribution in [1.82, 2.24) is 9.55 Å². The van der Waals surface area contributed by atoms with Crippen molar-refractivity contribution in [2.24, 2.45) is 0 Å². The van der Waals surface area contributed by atoms with Crippen LogP contribution in [0.1, 0.15) is 16.2 Å². The number of allylic oxidation sites excluding steroid dienone is 4. The van der Waals surface area contributed by atoms with Crippen LogP contribution in [0.3, 0.4) is 0 Å². The van der Waals surface area contributed by atoms with Crippen LogP contribution in [0.25, 0.3) is 11.0 Å². The number of anilines is 1. The molecule has 0 bridgehead atoms. The molecule has 1 aromatic carbocycles. The van der Waals surface area contributed by atoms with Crippen molar-refractivity contribution in [3.05, 3.63) is 57.6 Å². The highest BCUT2D eigenvalue weighted by Crippen LogP contribution is 2.36. The van der Waals surface area contributed by atoms with Crippen molar-refractivity contribution >= 4 is 50.0 Å². The highest BCUT2D eigenvalue weighted by atomic mass is 79.9. The molecule has 4 nitrogen and oxygen atoms in total. The second-order valence-electron chi connectivity index (χ2n) is 5.62. The minimum Gasteiger partial charge on any atom is -0.398 e. The van der Waals surface area contributed by atoms with Gasteiger partial charge >= 0.3 is 6.18 Å². The van der Waals surface area contributed by atoms with Crippen LogP contribution in [-0.4, -0.2) is 21.5 Å². The summed E-state index contributed by atoms with van der Waals surface area (Å²) in [5.41, 5.74) is 5.57. The maximum atomic E-state index is 13.2. The number of hydrogen-bond donors (Lipinski definition) is 1. The number of aromatic nitrogens is 2. The fourth-order valence-corrected chi connectivity index (χ4v) is 3.36. The zero-order valence-corrected chi connectivity index (χ0v) is 16.3. The number of rotatable bonds is 5. The van der Waals surface area contributed by atoms with Gasteiger partial charge in [0.25, 0.3) is 0 Å². The van der Waals surface area contributed by atoms with Crippen LogP contribution < -0.4 is 5.73 Å². The second-order valence-corrected chi connectivity index (χ2v) is 6.87. The number of ketones is 1. The van der Waals surface area contributed by atoms with E-state index in [0.29, 0.717) is 0 Å². The number of carbonyl (C=O) groups is 1. The highest BCUT2D eigenvalue weighted by Gasteiger charge is 2.31. The predicted octanol–water partition coefficient (Wildman–Crippen LogP) is 5.60. The Kier molecular flexibility index (Phi) is 5.86. The zero-order valence-electron chi connectivity index (χ0n) is 13.9. The molecule has 2 rings (SSSR count). The van der Waals surface area contributed by atoms with E-state index in [-0.39, 0.29) is 43.2 Å². The quantitative estimate of drug-likeness (QED) is 0.205. The number of aryl methyl sites for hydroxylation is 1. The molecule has 0 fully saturated rings. The van der Waals surface area contributed by atoms with Gasteiger partial charge in [0.05, 0.1) is 15.6 Å². The van der Waals surface area contributed by atoms with Crippen LogP contribution >= 0.6 is 27.5 Å². The molecule has 0 aliphatic carbocycles. The molecule has 0 aliphatic rings. The van der Waals surface area contributed by atoms with Crippen LogP contribution in [0.5, 0.6) is 0 Å². The van der Waals surface area contributed by atoms with E-state index in [2.05, 4.69) is 34.1 Å². The molecule has 0 spiro atoms. The molecule has 0 unspecified atom stereocenters. The summed E-state index contributed by atoms with van der Waals surface area (Å²) >= 11 is 8.94. The molecule has 0 aliphatic heterocycles. The van der Waals surface area contributed by atoms with Crippen molar-refractivity contribution in [2.75, 3.05) is 5.73 Å². The van der Waals surface area contributed by atoms with Gasteiger partial charge in [0.1, 0.15) is 23.7 Å². The molecule has 0 amide bonds. The smallest absolute Gasteiger partial charge is 0.398 e. The fraction of sp³-hybridized carbons (Fsp3) is 0.176. The molecule has 0 radical (unpaired) electrons. The number of benzene rings is 1. The number of carbonyl (C=O) groups excluding carboxylic acids is 1. The van der Waals surface area contributed by atoms with Crippen molar-refractivity contribution in [3.63, 3.8) is 0 Å². The Labute approximate surface area is 165 Å². The number of imidazole rings is 1. The number of nitrogens with zero attached hydrogens (tertiary/aromatic N) is 2. The van der Waals surface area contributed by atoms with Gasteiger partial charge in [0.15, 0.2) is 5.78 Å². The Hall–Kier alpha value is -2.13. The van der Waals surface area contributed by atoms with Gasteiger partial charge < -0.3 is 10.3 Å². The number of halogens is 6. The summed E-state index contributed by atoms with van der Waals surface area (Å²) in [6, 6.07) is 1.21. The summed E-state index contributed by atoms with van der Waals surface area (Å²) in [4.78, 5) is 16.9. The summed E-state index contributed by atoms with van der Waals surface area (Å²) in [5, 5.41) is -0.246. The van der Waals surface area contributed by atoms with Gasteiger partial charge in [-0.1, -0.05) is 24.8 Å². The van der Waals surface area contributed by atoms with Crippen molar-refractivity contribution < 1.29 is 22.4 Å². The van der Waals surface area contributed by atoms with E-state index in [1.807, 2.05) is 0 Å². The van der Waals surface area contributed by atoms with Gasteiger partial charge in [-0.05, 0) is 35.0 Å². The van der Waals surface area contributed by atoms with Gasteiger partial charge in [-0.15, -0.1) is 0 Å². The van der Waals surface area contributed by atoms with Crippen molar-refractivity contribution in [1.29, 1.82) is 0 Å². The topological polar surface area (TPSA) is 60.9 Å². The maximum Gasteiger partial charge on any atom is 0.406 e. The van der Waals surface area contributed by atoms with E-state index in [4.69, 9.17) is 17.3 Å². The lowest BCUT2D eigenvalue weighted by atomic mass is 10.00. The van der Waals surface area contributed by atoms with Gasteiger partial charge in [-0.25, -0.2) is 9.37 Å². The van der Waals surface area contributed by atoms with Crippen molar-refractivity contribution in [2.45, 2.75) is 19.6 Å². The third-order valence-electron chi connectivity index (χ3n) is 3.61. The normalized spacial score (nSPS) is 12.5. The number of nitrogens with two attached hydrogens (primary N) is 1. The molecule has 2 N–H and O–H groups in total. The molecule has 0 atom stereocenters. The Morgan fingerprint density at radius 1 is 1.44 bits per heavy atom. The zero-order chi connectivity index (χ0) is 20.7. The molecular formula is C17H13BrClF4N3O. The second kappa shape index (κ2) is 7.47. The fourth-order valence-electron chi connectivity index (χ4n) is 2.52. The average Bonchev–Trinajstić information content (AvgIpc) is 2.79. The summed E-state index contributed by atoms with van der Waals surface area (Å²) in [5.74, 6) is -1.62. The van der Waals surface area contributed by atoms with Gasteiger partial charge in [-0.2, -0.15) is 13.2 Å². The van der Waals surface area contributed by atoms with Crippen LogP contribution in [0, 0.1) is 6.92 Å². The van der Waals surface area contributed by atoms with Crippen molar-refractivity contribution in [3.8, 4) is 0 Å². The Balaban J connectivity index is 2.73. The highest BCUT2D eigenvalue weighted by molar-refractivity contribution is 9.10. The Morgan fingerprint density at radius 3 is 2.52 bits per heavy atom. The lowest BCUT2D eigenvalue weighted by molar-refractivity contribution is -0.140. The van der Waals surface area contributed by atoms with E-state index in [1.165, 1.54) is 13.0 Å². The third kappa shape index (κ3) is 4.41. The molecule has 144 valence electrons. The lowest BCUT2D eigenvalue weighted by Crippen LogP contribution is -2.18. The molecule has 0 saturated carbocycles. The largest absolute Gasteiger partial charge is 0.406 e. The molecule has 10 heteroatoms. The first kappa shape index (κ1) is 21.2. The molecule has 1 aromatic heterocycles. The predicted molar refractivity (Wildman–Crippen MR) is 100 cm³/mol. The van der Waals surface area contributed by atoms with Crippen LogP contribution in [-0.2, 0) is 6.54 Å². The minimum absolute atomic E-state index is 0.0693. The number of Topliss-reactive ketones (excluding diaryl/α,β-unsaturated/α-hetero) is 1. The average molecular weight is 467 g/mol. The number of fused-ring (bicyclic) bond motifs is 1. The summed E-state index contributed by atoms with van der Waals surface area (Å²) < 4.78 is 52.7. The maximum absolute atomic E-state index is 13.2. The van der Waals surface area contributed by atoms with Crippen LogP contribution in [0.2, 0.25) is 0 Å². The number of alkyl halides is 3. The van der Waals surface area contributed by atoms with Crippen LogP contribution in [0.4, 0.5) is 23.2 Å². The Bertz CT molecular complexity index is 1010. The summed E-state index contributed by atoms with van der Waals surface area (Å²) in [6.07, 6.45) is -3.68. The minimum atomic E-state index is -4.47. The third-order valence-corrected chi connectivity index (χ3v) is 4.58. The molecule has 1 heterocycles. The van der Waals surface area contributed by atoms with E-state index in [1.54, 1.807) is 0 Å². The first-order valence-corrected chi connectivity index (χ1v) is 8.47. The molecular weight excluding hydrogens is 454 g/mol. The van der Waals surface area contributed by atoms with E-state index < -0.39 is 24.3 Å². The molecule has 2 aromatic rings. The standard InChI is InChI=1S/C17H13BrClF4N3O/c1-7(20)4-10(8(2)19)16(27)13-11(24)5-12-15(14(13)18)25-9(3)26(12)6-17(21,22)23/h4-5H,1-2,6,24H2,3H3/b10-4+.